The average molecular weight is 315 g/mol. The summed E-state index contributed by atoms with van der Waals surface area (Å²) in [5.74, 6) is 0.682. The maximum absolute atomic E-state index is 12.1. The van der Waals surface area contributed by atoms with Gasteiger partial charge in [0.1, 0.15) is 17.4 Å². The monoisotopic (exact) mass is 315 g/mol. The molecule has 0 radical (unpaired) electrons. The minimum atomic E-state index is -0.459. The fourth-order valence-electron chi connectivity index (χ4n) is 2.90. The van der Waals surface area contributed by atoms with Crippen molar-refractivity contribution < 1.29 is 14.0 Å². The number of carbonyl (C=O) groups is 2. The normalized spacial score (nSPS) is 18.3. The third kappa shape index (κ3) is 3.47. The fourth-order valence-corrected chi connectivity index (χ4v) is 2.90. The Morgan fingerprint density at radius 3 is 3.04 bits per heavy atom. The third-order valence-corrected chi connectivity index (χ3v) is 4.17. The van der Waals surface area contributed by atoms with Gasteiger partial charge in [0.05, 0.1) is 0 Å². The molecule has 1 aromatic carbocycles. The van der Waals surface area contributed by atoms with Gasteiger partial charge in [-0.15, -0.1) is 0 Å². The maximum atomic E-state index is 12.1. The highest BCUT2D eigenvalue weighted by Crippen LogP contribution is 2.24. The van der Waals surface area contributed by atoms with Gasteiger partial charge in [0.15, 0.2) is 0 Å². The number of amides is 3. The Morgan fingerprint density at radius 1 is 1.35 bits per heavy atom. The van der Waals surface area contributed by atoms with Crippen LogP contribution in [0, 0.1) is 6.92 Å². The number of para-hydroxylation sites is 1. The molecule has 6 nitrogen and oxygen atoms in total. The highest BCUT2D eigenvalue weighted by molar-refractivity contribution is 5.87. The van der Waals surface area contributed by atoms with Crippen LogP contribution in [-0.4, -0.2) is 24.5 Å². The van der Waals surface area contributed by atoms with Crippen molar-refractivity contribution >= 4 is 22.9 Å². The van der Waals surface area contributed by atoms with E-state index in [4.69, 9.17) is 4.42 Å². The van der Waals surface area contributed by atoms with Crippen LogP contribution in [0.3, 0.4) is 0 Å². The molecule has 1 aliphatic heterocycles. The summed E-state index contributed by atoms with van der Waals surface area (Å²) in [6.45, 7) is 2.93. The van der Waals surface area contributed by atoms with Gasteiger partial charge in [-0.1, -0.05) is 18.2 Å². The lowest BCUT2D eigenvalue weighted by molar-refractivity contribution is -0.122. The molecule has 2 aromatic rings. The van der Waals surface area contributed by atoms with E-state index in [0.29, 0.717) is 19.5 Å². The largest absolute Gasteiger partial charge is 0.461 e. The molecule has 0 bridgehead atoms. The number of aryl methyl sites for hydroxylation is 1. The summed E-state index contributed by atoms with van der Waals surface area (Å²) in [5, 5.41) is 9.37. The van der Waals surface area contributed by atoms with Gasteiger partial charge in [-0.3, -0.25) is 4.79 Å². The summed E-state index contributed by atoms with van der Waals surface area (Å²) in [6, 6.07) is 6.94. The predicted molar refractivity (Wildman–Crippen MR) is 87.0 cm³/mol. The molecule has 1 saturated heterocycles. The van der Waals surface area contributed by atoms with Gasteiger partial charge >= 0.3 is 6.03 Å². The molecule has 1 aromatic heterocycles. The Bertz CT molecular complexity index is 723. The lowest BCUT2D eigenvalue weighted by Crippen LogP contribution is -2.48. The molecule has 3 amide bonds. The standard InChI is InChI=1S/C17H21N3O3/c1-11-13(12-6-2-3-8-15(12)23-11)10-19-17(22)20-14-7-4-5-9-18-16(14)21/h2-3,6,8,14H,4-5,7,9-10H2,1H3,(H,18,21)(H2,19,20,22)/t14-/m1/s1. The summed E-state index contributed by atoms with van der Waals surface area (Å²) in [4.78, 5) is 23.9. The van der Waals surface area contributed by atoms with Crippen LogP contribution < -0.4 is 16.0 Å². The topological polar surface area (TPSA) is 83.4 Å². The van der Waals surface area contributed by atoms with E-state index >= 15 is 0 Å². The first-order valence-electron chi connectivity index (χ1n) is 7.94. The molecule has 0 unspecified atom stereocenters. The lowest BCUT2D eigenvalue weighted by Gasteiger charge is -2.15. The van der Waals surface area contributed by atoms with Crippen molar-refractivity contribution in [1.82, 2.24) is 16.0 Å². The summed E-state index contributed by atoms with van der Waals surface area (Å²) in [7, 11) is 0. The molecule has 3 rings (SSSR count). The van der Waals surface area contributed by atoms with Crippen molar-refractivity contribution in [3.05, 3.63) is 35.6 Å². The molecule has 23 heavy (non-hydrogen) atoms. The van der Waals surface area contributed by atoms with E-state index in [0.717, 1.165) is 35.1 Å². The SMILES string of the molecule is Cc1oc2ccccc2c1CNC(=O)N[C@@H]1CCCCNC1=O. The number of urea groups is 1. The van der Waals surface area contributed by atoms with Crippen molar-refractivity contribution in [1.29, 1.82) is 0 Å². The van der Waals surface area contributed by atoms with Gasteiger partial charge in [0.2, 0.25) is 5.91 Å². The summed E-state index contributed by atoms with van der Waals surface area (Å²) in [6.07, 6.45) is 2.55. The Balaban J connectivity index is 1.62. The van der Waals surface area contributed by atoms with Gasteiger partial charge < -0.3 is 20.4 Å². The first kappa shape index (κ1) is 15.4. The van der Waals surface area contributed by atoms with Crippen LogP contribution in [0.5, 0.6) is 0 Å². The first-order chi connectivity index (χ1) is 11.1. The predicted octanol–water partition coefficient (Wildman–Crippen LogP) is 2.21. The molecular formula is C17H21N3O3. The van der Waals surface area contributed by atoms with E-state index in [2.05, 4.69) is 16.0 Å². The average Bonchev–Trinajstić information content (AvgIpc) is 2.72. The minimum Gasteiger partial charge on any atom is -0.461 e. The summed E-state index contributed by atoms with van der Waals surface area (Å²) >= 11 is 0. The zero-order valence-electron chi connectivity index (χ0n) is 13.1. The number of hydrogen-bond acceptors (Lipinski definition) is 3. The van der Waals surface area contributed by atoms with Gasteiger partial charge in [0, 0.05) is 24.0 Å². The molecule has 122 valence electrons. The third-order valence-electron chi connectivity index (χ3n) is 4.17. The molecule has 1 atom stereocenters. The number of nitrogens with one attached hydrogen (secondary N) is 3. The fraction of sp³-hybridized carbons (Fsp3) is 0.412. The molecule has 1 fully saturated rings. The van der Waals surface area contributed by atoms with Crippen LogP contribution in [0.2, 0.25) is 0 Å². The Labute approximate surface area is 134 Å². The van der Waals surface area contributed by atoms with Crippen molar-refractivity contribution in [3.63, 3.8) is 0 Å². The van der Waals surface area contributed by atoms with E-state index in [1.54, 1.807) is 0 Å². The van der Waals surface area contributed by atoms with Crippen LogP contribution >= 0.6 is 0 Å². The summed E-state index contributed by atoms with van der Waals surface area (Å²) < 4.78 is 5.68. The second kappa shape index (κ2) is 6.73. The van der Waals surface area contributed by atoms with Gasteiger partial charge in [-0.25, -0.2) is 4.79 Å². The number of benzene rings is 1. The molecule has 0 spiro atoms. The van der Waals surface area contributed by atoms with Crippen LogP contribution in [-0.2, 0) is 11.3 Å². The molecule has 3 N–H and O–H groups in total. The Hall–Kier alpha value is -2.50. The molecule has 6 heteroatoms. The maximum Gasteiger partial charge on any atom is 0.315 e. The molecule has 0 aliphatic carbocycles. The highest BCUT2D eigenvalue weighted by Gasteiger charge is 2.22. The zero-order chi connectivity index (χ0) is 16.2. The highest BCUT2D eigenvalue weighted by atomic mass is 16.3. The van der Waals surface area contributed by atoms with Crippen LogP contribution in [0.15, 0.2) is 28.7 Å². The number of fused-ring (bicyclic) bond motifs is 1. The van der Waals surface area contributed by atoms with Gasteiger partial charge in [-0.2, -0.15) is 0 Å². The van der Waals surface area contributed by atoms with E-state index in [-0.39, 0.29) is 11.9 Å². The molecule has 2 heterocycles. The van der Waals surface area contributed by atoms with Gasteiger partial charge in [-0.05, 0) is 32.3 Å². The quantitative estimate of drug-likeness (QED) is 0.812. The Morgan fingerprint density at radius 2 is 2.17 bits per heavy atom. The number of furan rings is 1. The zero-order valence-corrected chi connectivity index (χ0v) is 13.1. The van der Waals surface area contributed by atoms with Crippen molar-refractivity contribution in [2.24, 2.45) is 0 Å². The van der Waals surface area contributed by atoms with Crippen molar-refractivity contribution in [3.8, 4) is 0 Å². The number of carbonyl (C=O) groups excluding carboxylic acids is 2. The van der Waals surface area contributed by atoms with E-state index in [9.17, 15) is 9.59 Å². The van der Waals surface area contributed by atoms with E-state index in [1.165, 1.54) is 0 Å². The molecule has 0 saturated carbocycles. The molecule has 1 aliphatic rings. The van der Waals surface area contributed by atoms with Crippen molar-refractivity contribution in [2.45, 2.75) is 38.8 Å². The van der Waals surface area contributed by atoms with Crippen LogP contribution in [0.25, 0.3) is 11.0 Å². The Kier molecular flexibility index (Phi) is 4.50. The van der Waals surface area contributed by atoms with E-state index in [1.807, 2.05) is 31.2 Å². The second-order valence-corrected chi connectivity index (χ2v) is 5.80. The lowest BCUT2D eigenvalue weighted by atomic mass is 10.1. The van der Waals surface area contributed by atoms with Crippen molar-refractivity contribution in [2.75, 3.05) is 6.54 Å². The van der Waals surface area contributed by atoms with E-state index < -0.39 is 6.04 Å². The van der Waals surface area contributed by atoms with Crippen LogP contribution in [0.1, 0.15) is 30.6 Å². The summed E-state index contributed by atoms with van der Waals surface area (Å²) in [5.41, 5.74) is 1.77. The second-order valence-electron chi connectivity index (χ2n) is 5.80. The molecular weight excluding hydrogens is 294 g/mol. The minimum absolute atomic E-state index is 0.109. The number of hydrogen-bond donors (Lipinski definition) is 3. The van der Waals surface area contributed by atoms with Crippen LogP contribution in [0.4, 0.5) is 4.79 Å². The number of rotatable bonds is 3. The smallest absolute Gasteiger partial charge is 0.315 e. The van der Waals surface area contributed by atoms with Gasteiger partial charge in [0.25, 0.3) is 0 Å². The first-order valence-corrected chi connectivity index (χ1v) is 7.94.